The van der Waals surface area contributed by atoms with Crippen LogP contribution >= 0.6 is 0 Å². The summed E-state index contributed by atoms with van der Waals surface area (Å²) in [6, 6.07) is 7.23. The zero-order valence-electron chi connectivity index (χ0n) is 9.38. The van der Waals surface area contributed by atoms with Gasteiger partial charge in [-0.15, -0.1) is 0 Å². The van der Waals surface area contributed by atoms with E-state index in [-0.39, 0.29) is 6.61 Å². The van der Waals surface area contributed by atoms with Crippen molar-refractivity contribution in [2.45, 2.75) is 13.0 Å². The smallest absolute Gasteiger partial charge is 0.405 e. The van der Waals surface area contributed by atoms with Crippen molar-refractivity contribution in [2.75, 3.05) is 6.61 Å². The van der Waals surface area contributed by atoms with Crippen LogP contribution in [-0.2, 0) is 9.47 Å². The number of amides is 2. The van der Waals surface area contributed by atoms with Gasteiger partial charge in [-0.05, 0) is 18.1 Å². The summed E-state index contributed by atoms with van der Waals surface area (Å²) in [7, 11) is 0. The Labute approximate surface area is 98.5 Å². The number of ether oxygens (including phenoxy) is 2. The molecule has 1 aromatic carbocycles. The lowest BCUT2D eigenvalue weighted by Crippen LogP contribution is -2.24. The van der Waals surface area contributed by atoms with Crippen LogP contribution < -0.4 is 11.5 Å². The largest absolute Gasteiger partial charge is 0.445 e. The lowest BCUT2D eigenvalue weighted by atomic mass is 10.0. The molecule has 0 saturated heterocycles. The Bertz CT molecular complexity index is 420. The Balaban J connectivity index is 2.85. The molecule has 1 aromatic rings. The lowest BCUT2D eigenvalue weighted by molar-refractivity contribution is 0.0509. The monoisotopic (exact) mass is 238 g/mol. The topological polar surface area (TPSA) is 105 Å². The minimum Gasteiger partial charge on any atom is -0.445 e. The molecule has 0 aliphatic carbocycles. The third kappa shape index (κ3) is 4.02. The Morgan fingerprint density at radius 3 is 2.41 bits per heavy atom. The summed E-state index contributed by atoms with van der Waals surface area (Å²) in [6.45, 7) is 1.68. The van der Waals surface area contributed by atoms with Crippen molar-refractivity contribution in [3.05, 3.63) is 35.4 Å². The summed E-state index contributed by atoms with van der Waals surface area (Å²) >= 11 is 0. The SMILES string of the molecule is Cc1ccccc1[C@H](COC(N)=O)OC(N)=O. The Hall–Kier alpha value is -2.24. The van der Waals surface area contributed by atoms with Crippen LogP contribution in [0.3, 0.4) is 0 Å². The van der Waals surface area contributed by atoms with E-state index in [1.165, 1.54) is 0 Å². The van der Waals surface area contributed by atoms with Crippen molar-refractivity contribution >= 4 is 12.2 Å². The fourth-order valence-corrected chi connectivity index (χ4v) is 1.43. The Morgan fingerprint density at radius 2 is 1.88 bits per heavy atom. The maximum absolute atomic E-state index is 10.8. The normalized spacial score (nSPS) is 11.6. The number of aryl methyl sites for hydroxylation is 1. The molecule has 0 bridgehead atoms. The molecule has 1 atom stereocenters. The molecule has 0 spiro atoms. The number of primary amides is 2. The van der Waals surface area contributed by atoms with Crippen LogP contribution in [0.5, 0.6) is 0 Å². The van der Waals surface area contributed by atoms with Crippen molar-refractivity contribution in [1.29, 1.82) is 0 Å². The van der Waals surface area contributed by atoms with Gasteiger partial charge >= 0.3 is 12.2 Å². The fourth-order valence-electron chi connectivity index (χ4n) is 1.43. The Kier molecular flexibility index (Phi) is 4.33. The first-order chi connectivity index (χ1) is 8.00. The van der Waals surface area contributed by atoms with Crippen LogP contribution in [0.4, 0.5) is 9.59 Å². The molecular formula is C11H14N2O4. The van der Waals surface area contributed by atoms with E-state index in [0.717, 1.165) is 5.56 Å². The number of rotatable bonds is 4. The van der Waals surface area contributed by atoms with Crippen molar-refractivity contribution in [1.82, 2.24) is 0 Å². The van der Waals surface area contributed by atoms with E-state index >= 15 is 0 Å². The van der Waals surface area contributed by atoms with Gasteiger partial charge in [0.15, 0.2) is 6.10 Å². The second-order valence-electron chi connectivity index (χ2n) is 3.41. The van der Waals surface area contributed by atoms with E-state index in [9.17, 15) is 9.59 Å². The maximum atomic E-state index is 10.8. The number of nitrogens with two attached hydrogens (primary N) is 2. The average Bonchev–Trinajstić information content (AvgIpc) is 2.24. The van der Waals surface area contributed by atoms with Crippen molar-refractivity contribution in [3.8, 4) is 0 Å². The summed E-state index contributed by atoms with van der Waals surface area (Å²) in [5, 5.41) is 0. The van der Waals surface area contributed by atoms with E-state index in [1.54, 1.807) is 12.1 Å². The van der Waals surface area contributed by atoms with E-state index in [4.69, 9.17) is 16.2 Å². The molecule has 0 heterocycles. The molecule has 0 aliphatic heterocycles. The summed E-state index contributed by atoms with van der Waals surface area (Å²) in [6.07, 6.45) is -2.62. The summed E-state index contributed by atoms with van der Waals surface area (Å²) in [4.78, 5) is 21.3. The first-order valence-corrected chi connectivity index (χ1v) is 4.94. The minimum absolute atomic E-state index is 0.164. The maximum Gasteiger partial charge on any atom is 0.405 e. The Morgan fingerprint density at radius 1 is 1.24 bits per heavy atom. The minimum atomic E-state index is -0.939. The van der Waals surface area contributed by atoms with Gasteiger partial charge in [0.25, 0.3) is 0 Å². The molecular weight excluding hydrogens is 224 g/mol. The van der Waals surface area contributed by atoms with Crippen molar-refractivity contribution < 1.29 is 19.1 Å². The summed E-state index contributed by atoms with van der Waals surface area (Å²) in [5.74, 6) is 0. The molecule has 4 N–H and O–H groups in total. The fraction of sp³-hybridized carbons (Fsp3) is 0.273. The third-order valence-electron chi connectivity index (χ3n) is 2.17. The molecule has 0 aliphatic rings. The number of carbonyl (C=O) groups is 2. The number of hydrogen-bond donors (Lipinski definition) is 2. The van der Waals surface area contributed by atoms with Gasteiger partial charge in [-0.25, -0.2) is 9.59 Å². The highest BCUT2D eigenvalue weighted by atomic mass is 16.6. The highest BCUT2D eigenvalue weighted by Crippen LogP contribution is 2.21. The second kappa shape index (κ2) is 5.74. The van der Waals surface area contributed by atoms with Crippen molar-refractivity contribution in [3.63, 3.8) is 0 Å². The molecule has 1 rings (SSSR count). The zero-order valence-corrected chi connectivity index (χ0v) is 9.38. The molecule has 6 heteroatoms. The molecule has 0 saturated carbocycles. The molecule has 92 valence electrons. The van der Waals surface area contributed by atoms with E-state index in [0.29, 0.717) is 5.56 Å². The van der Waals surface area contributed by atoms with Crippen LogP contribution in [0.15, 0.2) is 24.3 Å². The predicted octanol–water partition coefficient (Wildman–Crippen LogP) is 1.23. The number of carbonyl (C=O) groups excluding carboxylic acids is 2. The van der Waals surface area contributed by atoms with E-state index < -0.39 is 18.3 Å². The van der Waals surface area contributed by atoms with Gasteiger partial charge in [-0.3, -0.25) is 0 Å². The van der Waals surface area contributed by atoms with Gasteiger partial charge in [0, 0.05) is 0 Å². The van der Waals surface area contributed by atoms with Gasteiger partial charge < -0.3 is 20.9 Å². The standard InChI is InChI=1S/C11H14N2O4/c1-7-4-2-3-5-8(7)9(17-11(13)15)6-16-10(12)14/h2-5,9H,6H2,1H3,(H2,12,14)(H2,13,15)/t9-/m0/s1. The molecule has 0 fully saturated rings. The summed E-state index contributed by atoms with van der Waals surface area (Å²) in [5.41, 5.74) is 11.4. The highest BCUT2D eigenvalue weighted by molar-refractivity contribution is 5.66. The summed E-state index contributed by atoms with van der Waals surface area (Å²) < 4.78 is 9.49. The van der Waals surface area contributed by atoms with Crippen LogP contribution in [-0.4, -0.2) is 18.8 Å². The quantitative estimate of drug-likeness (QED) is 0.822. The van der Waals surface area contributed by atoms with Crippen LogP contribution in [0.1, 0.15) is 17.2 Å². The van der Waals surface area contributed by atoms with E-state index in [2.05, 4.69) is 4.74 Å². The molecule has 2 amide bonds. The van der Waals surface area contributed by atoms with Crippen molar-refractivity contribution in [2.24, 2.45) is 11.5 Å². The van der Waals surface area contributed by atoms with E-state index in [1.807, 2.05) is 19.1 Å². The molecule has 6 nitrogen and oxygen atoms in total. The zero-order chi connectivity index (χ0) is 12.8. The van der Waals surface area contributed by atoms with Gasteiger partial charge in [-0.1, -0.05) is 24.3 Å². The first-order valence-electron chi connectivity index (χ1n) is 4.94. The lowest BCUT2D eigenvalue weighted by Gasteiger charge is -2.18. The second-order valence-corrected chi connectivity index (χ2v) is 3.41. The number of hydrogen-bond acceptors (Lipinski definition) is 4. The van der Waals surface area contributed by atoms with Gasteiger partial charge in [0.2, 0.25) is 0 Å². The third-order valence-corrected chi connectivity index (χ3v) is 2.17. The molecule has 0 aromatic heterocycles. The van der Waals surface area contributed by atoms with Crippen LogP contribution in [0.2, 0.25) is 0 Å². The van der Waals surface area contributed by atoms with Gasteiger partial charge in [0.1, 0.15) is 6.61 Å². The van der Waals surface area contributed by atoms with Gasteiger partial charge in [-0.2, -0.15) is 0 Å². The molecule has 0 radical (unpaired) electrons. The average molecular weight is 238 g/mol. The van der Waals surface area contributed by atoms with Crippen LogP contribution in [0, 0.1) is 6.92 Å². The molecule has 0 unspecified atom stereocenters. The number of benzene rings is 1. The predicted molar refractivity (Wildman–Crippen MR) is 60.1 cm³/mol. The first kappa shape index (κ1) is 12.8. The van der Waals surface area contributed by atoms with Gasteiger partial charge in [0.05, 0.1) is 0 Å². The van der Waals surface area contributed by atoms with Crippen LogP contribution in [0.25, 0.3) is 0 Å². The molecule has 17 heavy (non-hydrogen) atoms. The highest BCUT2D eigenvalue weighted by Gasteiger charge is 2.18.